The van der Waals surface area contributed by atoms with Crippen LogP contribution < -0.4 is 0 Å². The van der Waals surface area contributed by atoms with E-state index in [1.165, 1.54) is 0 Å². The highest BCUT2D eigenvalue weighted by Crippen LogP contribution is 2.23. The molecular weight excluding hydrogens is 184 g/mol. The van der Waals surface area contributed by atoms with Gasteiger partial charge in [-0.3, -0.25) is 0 Å². The second-order valence-corrected chi connectivity index (χ2v) is 3.71. The Bertz CT molecular complexity index is 129. The molecule has 0 bridgehead atoms. The standard InChI is InChI=1S/C10H22O4/c11-7-2-1-4-10(14,6-9-13)5-3-8-12/h11-14H,1-9H2. The molecule has 0 aromatic rings. The first-order valence-electron chi connectivity index (χ1n) is 5.23. The maximum atomic E-state index is 10.0. The van der Waals surface area contributed by atoms with Gasteiger partial charge in [-0.1, -0.05) is 0 Å². The van der Waals surface area contributed by atoms with E-state index in [1.54, 1.807) is 0 Å². The second-order valence-electron chi connectivity index (χ2n) is 3.71. The summed E-state index contributed by atoms with van der Waals surface area (Å²) >= 11 is 0. The molecule has 1 unspecified atom stereocenters. The topological polar surface area (TPSA) is 80.9 Å². The molecule has 4 nitrogen and oxygen atoms in total. The summed E-state index contributed by atoms with van der Waals surface area (Å²) < 4.78 is 0. The van der Waals surface area contributed by atoms with Crippen molar-refractivity contribution in [3.8, 4) is 0 Å². The maximum absolute atomic E-state index is 10.0. The zero-order chi connectivity index (χ0) is 10.9. The number of unbranched alkanes of at least 4 members (excludes halogenated alkanes) is 1. The first-order valence-corrected chi connectivity index (χ1v) is 5.23. The smallest absolute Gasteiger partial charge is 0.0670 e. The van der Waals surface area contributed by atoms with E-state index < -0.39 is 5.60 Å². The van der Waals surface area contributed by atoms with E-state index in [-0.39, 0.29) is 19.8 Å². The molecule has 0 radical (unpaired) electrons. The van der Waals surface area contributed by atoms with E-state index in [0.717, 1.165) is 6.42 Å². The number of aliphatic hydroxyl groups is 4. The summed E-state index contributed by atoms with van der Waals surface area (Å²) in [5, 5.41) is 36.1. The maximum Gasteiger partial charge on any atom is 0.0670 e. The second kappa shape index (κ2) is 8.17. The molecule has 0 saturated carbocycles. The molecule has 4 N–H and O–H groups in total. The van der Waals surface area contributed by atoms with Crippen molar-refractivity contribution in [1.82, 2.24) is 0 Å². The van der Waals surface area contributed by atoms with E-state index in [1.807, 2.05) is 0 Å². The van der Waals surface area contributed by atoms with Gasteiger partial charge in [0.1, 0.15) is 0 Å². The SMILES string of the molecule is OCCCCC(O)(CCO)CCCO. The molecule has 14 heavy (non-hydrogen) atoms. The van der Waals surface area contributed by atoms with E-state index in [4.69, 9.17) is 15.3 Å². The molecule has 86 valence electrons. The lowest BCUT2D eigenvalue weighted by molar-refractivity contribution is -0.00742. The summed E-state index contributed by atoms with van der Waals surface area (Å²) in [4.78, 5) is 0. The molecule has 0 rings (SSSR count). The van der Waals surface area contributed by atoms with Crippen molar-refractivity contribution in [3.05, 3.63) is 0 Å². The first kappa shape index (κ1) is 13.8. The van der Waals surface area contributed by atoms with Crippen LogP contribution in [0.5, 0.6) is 0 Å². The number of hydrogen-bond acceptors (Lipinski definition) is 4. The quantitative estimate of drug-likeness (QED) is 0.401. The summed E-state index contributed by atoms with van der Waals surface area (Å²) in [6.45, 7) is 0.157. The van der Waals surface area contributed by atoms with Crippen molar-refractivity contribution in [2.45, 2.75) is 44.1 Å². The molecule has 0 aromatic heterocycles. The fourth-order valence-corrected chi connectivity index (χ4v) is 1.56. The average molecular weight is 206 g/mol. The normalized spacial score (nSPS) is 15.4. The van der Waals surface area contributed by atoms with E-state index in [9.17, 15) is 5.11 Å². The van der Waals surface area contributed by atoms with Crippen LogP contribution in [0.15, 0.2) is 0 Å². The van der Waals surface area contributed by atoms with Gasteiger partial charge in [0, 0.05) is 19.8 Å². The van der Waals surface area contributed by atoms with Crippen LogP contribution in [0.1, 0.15) is 38.5 Å². The molecule has 0 aliphatic rings. The van der Waals surface area contributed by atoms with Gasteiger partial charge in [0.25, 0.3) is 0 Å². The minimum absolute atomic E-state index is 0.0406. The molecule has 0 heterocycles. The third kappa shape index (κ3) is 6.32. The highest BCUT2D eigenvalue weighted by molar-refractivity contribution is 4.77. The van der Waals surface area contributed by atoms with Crippen LogP contribution in [-0.4, -0.2) is 45.8 Å². The summed E-state index contributed by atoms with van der Waals surface area (Å²) in [6, 6.07) is 0. The summed E-state index contributed by atoms with van der Waals surface area (Å²) in [5.74, 6) is 0. The Morgan fingerprint density at radius 3 is 1.71 bits per heavy atom. The molecule has 0 saturated heterocycles. The van der Waals surface area contributed by atoms with E-state index >= 15 is 0 Å². The molecule has 0 aliphatic carbocycles. The average Bonchev–Trinajstić information content (AvgIpc) is 2.16. The van der Waals surface area contributed by atoms with Crippen LogP contribution in [0.4, 0.5) is 0 Å². The Labute approximate surface area is 85.2 Å². The monoisotopic (exact) mass is 206 g/mol. The molecule has 4 heteroatoms. The molecule has 0 amide bonds. The van der Waals surface area contributed by atoms with Gasteiger partial charge in [-0.2, -0.15) is 0 Å². The van der Waals surface area contributed by atoms with Crippen molar-refractivity contribution in [1.29, 1.82) is 0 Å². The van der Waals surface area contributed by atoms with Crippen molar-refractivity contribution in [2.24, 2.45) is 0 Å². The van der Waals surface area contributed by atoms with E-state index in [2.05, 4.69) is 0 Å². The first-order chi connectivity index (χ1) is 6.68. The van der Waals surface area contributed by atoms with E-state index in [0.29, 0.717) is 32.1 Å². The minimum atomic E-state index is -0.868. The lowest BCUT2D eigenvalue weighted by atomic mass is 9.89. The molecule has 0 aliphatic heterocycles. The number of hydrogen-bond donors (Lipinski definition) is 4. The zero-order valence-electron chi connectivity index (χ0n) is 8.65. The van der Waals surface area contributed by atoms with Crippen LogP contribution >= 0.6 is 0 Å². The number of aliphatic hydroxyl groups excluding tert-OH is 3. The largest absolute Gasteiger partial charge is 0.396 e. The Balaban J connectivity index is 3.82. The van der Waals surface area contributed by atoms with Crippen molar-refractivity contribution >= 4 is 0 Å². The van der Waals surface area contributed by atoms with Gasteiger partial charge >= 0.3 is 0 Å². The van der Waals surface area contributed by atoms with Gasteiger partial charge in [0.15, 0.2) is 0 Å². The fraction of sp³-hybridized carbons (Fsp3) is 1.00. The van der Waals surface area contributed by atoms with Gasteiger partial charge in [0.05, 0.1) is 5.60 Å². The highest BCUT2D eigenvalue weighted by atomic mass is 16.3. The summed E-state index contributed by atoms with van der Waals surface area (Å²) in [5.41, 5.74) is -0.868. The number of rotatable bonds is 9. The summed E-state index contributed by atoms with van der Waals surface area (Å²) in [6.07, 6.45) is 3.41. The van der Waals surface area contributed by atoms with Crippen LogP contribution in [0.3, 0.4) is 0 Å². The third-order valence-corrected chi connectivity index (χ3v) is 2.43. The summed E-state index contributed by atoms with van der Waals surface area (Å²) in [7, 11) is 0. The van der Waals surface area contributed by atoms with Crippen LogP contribution in [0.25, 0.3) is 0 Å². The Kier molecular flexibility index (Phi) is 8.08. The van der Waals surface area contributed by atoms with Gasteiger partial charge in [-0.15, -0.1) is 0 Å². The Morgan fingerprint density at radius 2 is 1.21 bits per heavy atom. The van der Waals surface area contributed by atoms with Gasteiger partial charge in [-0.05, 0) is 38.5 Å². The lowest BCUT2D eigenvalue weighted by Gasteiger charge is -2.27. The lowest BCUT2D eigenvalue weighted by Crippen LogP contribution is -2.30. The molecule has 1 atom stereocenters. The molecule has 0 spiro atoms. The van der Waals surface area contributed by atoms with Crippen LogP contribution in [-0.2, 0) is 0 Å². The Morgan fingerprint density at radius 1 is 0.643 bits per heavy atom. The Hall–Kier alpha value is -0.160. The third-order valence-electron chi connectivity index (χ3n) is 2.43. The molecule has 0 aromatic carbocycles. The predicted molar refractivity (Wildman–Crippen MR) is 53.9 cm³/mol. The van der Waals surface area contributed by atoms with Crippen LogP contribution in [0.2, 0.25) is 0 Å². The fourth-order valence-electron chi connectivity index (χ4n) is 1.56. The van der Waals surface area contributed by atoms with Crippen LogP contribution in [0, 0.1) is 0 Å². The van der Waals surface area contributed by atoms with Crippen molar-refractivity contribution in [3.63, 3.8) is 0 Å². The molecule has 0 fully saturated rings. The molecular formula is C10H22O4. The van der Waals surface area contributed by atoms with Crippen molar-refractivity contribution in [2.75, 3.05) is 19.8 Å². The van der Waals surface area contributed by atoms with Gasteiger partial charge in [0.2, 0.25) is 0 Å². The zero-order valence-corrected chi connectivity index (χ0v) is 8.65. The van der Waals surface area contributed by atoms with Gasteiger partial charge < -0.3 is 20.4 Å². The minimum Gasteiger partial charge on any atom is -0.396 e. The highest BCUT2D eigenvalue weighted by Gasteiger charge is 2.24. The van der Waals surface area contributed by atoms with Crippen molar-refractivity contribution < 1.29 is 20.4 Å². The van der Waals surface area contributed by atoms with Gasteiger partial charge in [-0.25, -0.2) is 0 Å². The predicted octanol–water partition coefficient (Wildman–Crippen LogP) is 0.0350.